The van der Waals surface area contributed by atoms with Gasteiger partial charge in [0.1, 0.15) is 21.3 Å². The molecule has 0 unspecified atom stereocenters. The highest BCUT2D eigenvalue weighted by Crippen LogP contribution is 2.64. The third-order valence-electron chi connectivity index (χ3n) is 11.9. The molecule has 0 aromatic heterocycles. The van der Waals surface area contributed by atoms with Crippen molar-refractivity contribution < 1.29 is 39.8 Å². The fourth-order valence-electron chi connectivity index (χ4n) is 9.39. The average Bonchev–Trinajstić information content (AvgIpc) is 3.71. The first-order valence-electron chi connectivity index (χ1n) is 18.3. The van der Waals surface area contributed by atoms with Crippen LogP contribution in [-0.2, 0) is 16.3 Å². The third kappa shape index (κ3) is 8.41. The number of hydrogen-bond acceptors (Lipinski definition) is 4. The molecule has 271 valence electrons. The zero-order valence-electron chi connectivity index (χ0n) is 28.5. The number of alkyl halides is 5. The Morgan fingerprint density at radius 3 is 2.31 bits per heavy atom. The third-order valence-corrected chi connectivity index (χ3v) is 13.7. The van der Waals surface area contributed by atoms with Gasteiger partial charge >= 0.3 is 12.1 Å². The fourth-order valence-corrected chi connectivity index (χ4v) is 10.8. The van der Waals surface area contributed by atoms with Crippen molar-refractivity contribution in [1.82, 2.24) is 0 Å². The Bertz CT molecular complexity index is 1520. The topological polar surface area (TPSA) is 52.6 Å². The van der Waals surface area contributed by atoms with E-state index in [1.807, 2.05) is 12.1 Å². The minimum Gasteiger partial charge on any atom is -0.494 e. The Kier molecular flexibility index (Phi) is 10.9. The van der Waals surface area contributed by atoms with Gasteiger partial charge in [-0.2, -0.15) is 22.0 Å². The van der Waals surface area contributed by atoms with Crippen molar-refractivity contribution in [2.75, 3.05) is 18.1 Å². The van der Waals surface area contributed by atoms with E-state index < -0.39 is 40.5 Å². The second-order valence-electron chi connectivity index (χ2n) is 15.3. The van der Waals surface area contributed by atoms with Crippen LogP contribution in [0.2, 0.25) is 0 Å². The molecule has 4 nitrogen and oxygen atoms in total. The van der Waals surface area contributed by atoms with E-state index >= 15 is 0 Å². The van der Waals surface area contributed by atoms with Crippen molar-refractivity contribution in [2.24, 2.45) is 17.3 Å². The highest BCUT2D eigenvalue weighted by atomic mass is 32.2. The van der Waals surface area contributed by atoms with Crippen molar-refractivity contribution in [3.05, 3.63) is 65.6 Å². The molecule has 3 saturated carbocycles. The van der Waals surface area contributed by atoms with Crippen molar-refractivity contribution in [2.45, 2.75) is 127 Å². The molecule has 0 amide bonds. The van der Waals surface area contributed by atoms with Gasteiger partial charge in [0.05, 0.1) is 24.2 Å². The summed E-state index contributed by atoms with van der Waals surface area (Å²) >= 11 is 0. The summed E-state index contributed by atoms with van der Waals surface area (Å²) in [7, 11) is -3.70. The monoisotopic (exact) mass is 709 g/mol. The van der Waals surface area contributed by atoms with Gasteiger partial charge in [0.25, 0.3) is 0 Å². The van der Waals surface area contributed by atoms with Crippen LogP contribution in [0.15, 0.2) is 42.5 Å². The lowest BCUT2D eigenvalue weighted by molar-refractivity contribution is -0.284. The zero-order valence-corrected chi connectivity index (χ0v) is 29.3. The molecule has 10 heteroatoms. The molecule has 0 bridgehead atoms. The second kappa shape index (κ2) is 14.7. The first kappa shape index (κ1) is 36.4. The van der Waals surface area contributed by atoms with Gasteiger partial charge in [-0.3, -0.25) is 0 Å². The highest BCUT2D eigenvalue weighted by Gasteiger charge is 2.57. The standard InChI is InChI=1S/C39H50F5O4S/c1-37-20-7-11-35(37)33-18-14-28-25-31(48-30-9-3-4-10-30)17-19-32(28)36(33)34(26-37)27-12-15-29(16-13-27)47-22-5-2-6-23-49(45,46)24-8-21-38(40,41)39(42,43)44/h12-13,15-17,19-20,25,30,33-36H,2-11,14,18,21-24,26H2,1H3/t33-,34+,35-,36+,37-/m0/s1. The SMILES string of the molecule is C[C@@]12[CH]CC[C@H]1[C@@H]1CCc3cc(OC4CCCC4)ccc3[C@H]1[C@@H](c1ccc(OCCCCCS(=O)(=O)CCCC(F)(F)C(F)(F)F)cc1)C2. The number of halogens is 5. The van der Waals surface area contributed by atoms with E-state index in [4.69, 9.17) is 9.47 Å². The Morgan fingerprint density at radius 2 is 1.57 bits per heavy atom. The number of rotatable bonds is 14. The molecule has 3 fully saturated rings. The van der Waals surface area contributed by atoms with E-state index in [1.54, 1.807) is 0 Å². The van der Waals surface area contributed by atoms with Gasteiger partial charge in [0, 0.05) is 6.42 Å². The number of sulfone groups is 1. The summed E-state index contributed by atoms with van der Waals surface area (Å²) in [5.41, 5.74) is 4.52. The predicted octanol–water partition coefficient (Wildman–Crippen LogP) is 10.4. The number of hydrogen-bond donors (Lipinski definition) is 0. The van der Waals surface area contributed by atoms with E-state index in [0.29, 0.717) is 55.6 Å². The molecule has 5 atom stereocenters. The Morgan fingerprint density at radius 1 is 0.857 bits per heavy atom. The maximum atomic E-state index is 13.1. The van der Waals surface area contributed by atoms with Crippen LogP contribution in [0.1, 0.15) is 119 Å². The molecule has 2 aromatic rings. The molecule has 0 N–H and O–H groups in total. The normalized spacial score (nSPS) is 27.4. The van der Waals surface area contributed by atoms with Crippen LogP contribution < -0.4 is 9.47 Å². The van der Waals surface area contributed by atoms with Crippen molar-refractivity contribution in [1.29, 1.82) is 0 Å². The minimum absolute atomic E-state index is 0.238. The van der Waals surface area contributed by atoms with E-state index in [2.05, 4.69) is 43.7 Å². The molecule has 0 aliphatic heterocycles. The maximum Gasteiger partial charge on any atom is 0.453 e. The van der Waals surface area contributed by atoms with E-state index in [1.165, 1.54) is 48.8 Å². The van der Waals surface area contributed by atoms with Crippen LogP contribution in [-0.4, -0.2) is 44.7 Å². The molecular formula is C39H50F5O4S. The van der Waals surface area contributed by atoms with Crippen LogP contribution >= 0.6 is 0 Å². The molecular weight excluding hydrogens is 659 g/mol. The summed E-state index contributed by atoms with van der Waals surface area (Å²) in [5.74, 6) is -1.78. The van der Waals surface area contributed by atoms with E-state index in [-0.39, 0.29) is 11.2 Å². The van der Waals surface area contributed by atoms with Crippen molar-refractivity contribution in [3.63, 3.8) is 0 Å². The quantitative estimate of drug-likeness (QED) is 0.145. The lowest BCUT2D eigenvalue weighted by atomic mass is 9.51. The number of unbranched alkanes of at least 4 members (excludes halogenated alkanes) is 2. The van der Waals surface area contributed by atoms with Crippen LogP contribution in [0.25, 0.3) is 0 Å². The lowest BCUT2D eigenvalue weighted by Gasteiger charge is -2.53. The summed E-state index contributed by atoms with van der Waals surface area (Å²) in [6.07, 6.45) is 7.22. The molecule has 4 aliphatic rings. The van der Waals surface area contributed by atoms with Gasteiger partial charge in [0.2, 0.25) is 0 Å². The van der Waals surface area contributed by atoms with Gasteiger partial charge in [-0.1, -0.05) is 25.1 Å². The molecule has 1 radical (unpaired) electrons. The highest BCUT2D eigenvalue weighted by molar-refractivity contribution is 7.91. The van der Waals surface area contributed by atoms with Crippen molar-refractivity contribution >= 4 is 9.84 Å². The Hall–Kier alpha value is -2.36. The van der Waals surface area contributed by atoms with Gasteiger partial charge in [-0.05, 0) is 160 Å². The number of fused-ring (bicyclic) bond motifs is 5. The number of aryl methyl sites for hydroxylation is 1. The van der Waals surface area contributed by atoms with Crippen molar-refractivity contribution in [3.8, 4) is 11.5 Å². The van der Waals surface area contributed by atoms with Crippen LogP contribution in [0.4, 0.5) is 22.0 Å². The molecule has 49 heavy (non-hydrogen) atoms. The van der Waals surface area contributed by atoms with Gasteiger partial charge in [0.15, 0.2) is 0 Å². The molecule has 2 aromatic carbocycles. The smallest absolute Gasteiger partial charge is 0.453 e. The molecule has 0 heterocycles. The van der Waals surface area contributed by atoms with Gasteiger partial charge < -0.3 is 9.47 Å². The zero-order chi connectivity index (χ0) is 34.9. The summed E-state index contributed by atoms with van der Waals surface area (Å²) in [6, 6.07) is 15.4. The summed E-state index contributed by atoms with van der Waals surface area (Å²) < 4.78 is 99.7. The molecule has 0 spiro atoms. The first-order chi connectivity index (χ1) is 23.2. The summed E-state index contributed by atoms with van der Waals surface area (Å²) in [6.45, 7) is 2.87. The van der Waals surface area contributed by atoms with E-state index in [0.717, 1.165) is 37.2 Å². The van der Waals surface area contributed by atoms with Gasteiger partial charge in [-0.25, -0.2) is 8.42 Å². The first-order valence-corrected chi connectivity index (χ1v) is 20.1. The molecule has 4 aliphatic carbocycles. The number of benzene rings is 2. The number of ether oxygens (including phenoxy) is 2. The maximum absolute atomic E-state index is 13.1. The average molecular weight is 710 g/mol. The van der Waals surface area contributed by atoms with Gasteiger partial charge in [-0.15, -0.1) is 0 Å². The summed E-state index contributed by atoms with van der Waals surface area (Å²) in [4.78, 5) is 0. The fraction of sp³-hybridized carbons (Fsp3) is 0.667. The lowest BCUT2D eigenvalue weighted by Crippen LogP contribution is -2.43. The largest absolute Gasteiger partial charge is 0.494 e. The molecule has 0 saturated heterocycles. The molecule has 6 rings (SSSR count). The van der Waals surface area contributed by atoms with Crippen LogP contribution in [0, 0.1) is 23.7 Å². The van der Waals surface area contributed by atoms with E-state index in [9.17, 15) is 30.4 Å². The predicted molar refractivity (Wildman–Crippen MR) is 181 cm³/mol. The van der Waals surface area contributed by atoms with Crippen LogP contribution in [0.5, 0.6) is 11.5 Å². The summed E-state index contributed by atoms with van der Waals surface area (Å²) in [5, 5.41) is 0. The Labute approximate surface area is 288 Å². The second-order valence-corrected chi connectivity index (χ2v) is 17.6. The Balaban J connectivity index is 1.02. The minimum atomic E-state index is -5.66. The van der Waals surface area contributed by atoms with Crippen LogP contribution in [0.3, 0.4) is 0 Å².